The summed E-state index contributed by atoms with van der Waals surface area (Å²) in [5.74, 6) is 0.736. The van der Waals surface area contributed by atoms with Crippen molar-refractivity contribution in [1.82, 2.24) is 15.5 Å². The summed E-state index contributed by atoms with van der Waals surface area (Å²) in [4.78, 5) is 7.22. The summed E-state index contributed by atoms with van der Waals surface area (Å²) < 4.78 is 23.6. The van der Waals surface area contributed by atoms with Crippen molar-refractivity contribution >= 4 is 15.8 Å². The van der Waals surface area contributed by atoms with Gasteiger partial charge in [0.2, 0.25) is 0 Å². The molecule has 2 aromatic carbocycles. The molecular formula is C22H32N4O2S. The predicted octanol–water partition coefficient (Wildman–Crippen LogP) is 2.76. The zero-order valence-electron chi connectivity index (χ0n) is 17.9. The second kappa shape index (κ2) is 10.4. The van der Waals surface area contributed by atoms with Gasteiger partial charge in [0.1, 0.15) is 0 Å². The highest BCUT2D eigenvalue weighted by atomic mass is 32.2. The van der Waals surface area contributed by atoms with Gasteiger partial charge in [-0.25, -0.2) is 13.4 Å². The molecule has 0 fully saturated rings. The average molecular weight is 417 g/mol. The zero-order chi connectivity index (χ0) is 21.4. The summed E-state index contributed by atoms with van der Waals surface area (Å²) in [7, 11) is 0.922. The van der Waals surface area contributed by atoms with E-state index in [-0.39, 0.29) is 6.04 Å². The van der Waals surface area contributed by atoms with Crippen LogP contribution >= 0.6 is 0 Å². The van der Waals surface area contributed by atoms with Crippen molar-refractivity contribution in [1.29, 1.82) is 0 Å². The van der Waals surface area contributed by atoms with Crippen LogP contribution in [0.25, 0.3) is 0 Å². The minimum absolute atomic E-state index is 0.219. The molecule has 1 unspecified atom stereocenters. The Hall–Kier alpha value is -2.38. The number of guanidine groups is 1. The standard InChI is InChI=1S/C22H32N4O2S/c1-6-23-22(25-16-20(26(3)4)19-10-8-7-9-11-19)24-15-18-12-13-21(17(2)14-18)29(5,27)28/h7-14,20H,6,15-16H2,1-5H3,(H2,23,24,25). The van der Waals surface area contributed by atoms with Gasteiger partial charge in [0.25, 0.3) is 0 Å². The fraction of sp³-hybridized carbons (Fsp3) is 0.409. The Balaban J connectivity index is 2.10. The zero-order valence-corrected chi connectivity index (χ0v) is 18.8. The van der Waals surface area contributed by atoms with Crippen LogP contribution in [0.4, 0.5) is 0 Å². The molecule has 0 aliphatic rings. The van der Waals surface area contributed by atoms with E-state index in [4.69, 9.17) is 0 Å². The molecule has 0 saturated carbocycles. The van der Waals surface area contributed by atoms with Crippen molar-refractivity contribution in [3.05, 3.63) is 65.2 Å². The van der Waals surface area contributed by atoms with Crippen LogP contribution in [0.5, 0.6) is 0 Å². The van der Waals surface area contributed by atoms with Crippen LogP contribution in [0.3, 0.4) is 0 Å². The highest BCUT2D eigenvalue weighted by Gasteiger charge is 2.14. The number of hydrogen-bond donors (Lipinski definition) is 2. The third-order valence-electron chi connectivity index (χ3n) is 4.67. The SMILES string of the molecule is CCNC(=NCc1ccc(S(C)(=O)=O)c(C)c1)NCC(c1ccccc1)N(C)C. The molecular weight excluding hydrogens is 384 g/mol. The van der Waals surface area contributed by atoms with Crippen molar-refractivity contribution in [2.24, 2.45) is 4.99 Å². The fourth-order valence-corrected chi connectivity index (χ4v) is 4.16. The molecule has 29 heavy (non-hydrogen) atoms. The monoisotopic (exact) mass is 416 g/mol. The first kappa shape index (κ1) is 22.9. The van der Waals surface area contributed by atoms with E-state index in [1.807, 2.05) is 44.2 Å². The van der Waals surface area contributed by atoms with Crippen molar-refractivity contribution in [3.8, 4) is 0 Å². The molecule has 0 aliphatic heterocycles. The Morgan fingerprint density at radius 3 is 2.34 bits per heavy atom. The van der Waals surface area contributed by atoms with Crippen LogP contribution in [-0.2, 0) is 16.4 Å². The number of aryl methyl sites for hydroxylation is 1. The van der Waals surface area contributed by atoms with Crippen LogP contribution in [0.15, 0.2) is 58.4 Å². The molecule has 0 bridgehead atoms. The lowest BCUT2D eigenvalue weighted by Crippen LogP contribution is -2.41. The van der Waals surface area contributed by atoms with E-state index in [1.54, 1.807) is 6.07 Å². The van der Waals surface area contributed by atoms with Crippen LogP contribution in [-0.4, -0.2) is 52.7 Å². The summed E-state index contributed by atoms with van der Waals surface area (Å²) in [5, 5.41) is 6.70. The number of sulfone groups is 1. The number of nitrogens with one attached hydrogen (secondary N) is 2. The molecule has 2 aromatic rings. The highest BCUT2D eigenvalue weighted by molar-refractivity contribution is 7.90. The van der Waals surface area contributed by atoms with Crippen LogP contribution < -0.4 is 10.6 Å². The van der Waals surface area contributed by atoms with Crippen LogP contribution in [0, 0.1) is 6.92 Å². The summed E-state index contributed by atoms with van der Waals surface area (Å²) >= 11 is 0. The highest BCUT2D eigenvalue weighted by Crippen LogP contribution is 2.18. The van der Waals surface area contributed by atoms with Gasteiger partial charge in [-0.1, -0.05) is 42.5 Å². The maximum atomic E-state index is 11.8. The molecule has 0 heterocycles. The van der Waals surface area contributed by atoms with Gasteiger partial charge in [0, 0.05) is 19.3 Å². The van der Waals surface area contributed by atoms with Crippen molar-refractivity contribution in [2.45, 2.75) is 31.3 Å². The van der Waals surface area contributed by atoms with E-state index in [0.29, 0.717) is 11.4 Å². The first-order valence-electron chi connectivity index (χ1n) is 9.75. The van der Waals surface area contributed by atoms with E-state index < -0.39 is 9.84 Å². The molecule has 7 heteroatoms. The van der Waals surface area contributed by atoms with E-state index in [1.165, 1.54) is 11.8 Å². The topological polar surface area (TPSA) is 73.8 Å². The third-order valence-corrected chi connectivity index (χ3v) is 5.93. The van der Waals surface area contributed by atoms with Gasteiger partial charge in [0.05, 0.1) is 17.5 Å². The molecule has 0 amide bonds. The number of rotatable bonds is 8. The van der Waals surface area contributed by atoms with Crippen molar-refractivity contribution in [2.75, 3.05) is 33.4 Å². The van der Waals surface area contributed by atoms with Crippen LogP contribution in [0.1, 0.15) is 29.7 Å². The van der Waals surface area contributed by atoms with E-state index in [0.717, 1.165) is 30.2 Å². The van der Waals surface area contributed by atoms with E-state index >= 15 is 0 Å². The smallest absolute Gasteiger partial charge is 0.191 e. The Bertz CT molecular complexity index is 925. The predicted molar refractivity (Wildman–Crippen MR) is 120 cm³/mol. The maximum absolute atomic E-state index is 11.8. The molecule has 0 aliphatic carbocycles. The van der Waals surface area contributed by atoms with Gasteiger partial charge < -0.3 is 15.5 Å². The molecule has 6 nitrogen and oxygen atoms in total. The summed E-state index contributed by atoms with van der Waals surface area (Å²) in [6.07, 6.45) is 1.23. The summed E-state index contributed by atoms with van der Waals surface area (Å²) in [5.41, 5.74) is 2.96. The molecule has 2 rings (SSSR count). The molecule has 158 valence electrons. The van der Waals surface area contributed by atoms with Crippen LogP contribution in [0.2, 0.25) is 0 Å². The summed E-state index contributed by atoms with van der Waals surface area (Å²) in [6, 6.07) is 16.0. The van der Waals surface area contributed by atoms with Gasteiger partial charge in [-0.2, -0.15) is 0 Å². The normalized spacial score (nSPS) is 13.4. The first-order chi connectivity index (χ1) is 13.7. The summed E-state index contributed by atoms with van der Waals surface area (Å²) in [6.45, 7) is 5.79. The van der Waals surface area contributed by atoms with Gasteiger partial charge in [-0.05, 0) is 50.7 Å². The van der Waals surface area contributed by atoms with Crippen molar-refractivity contribution in [3.63, 3.8) is 0 Å². The quantitative estimate of drug-likeness (QED) is 0.511. The number of hydrogen-bond acceptors (Lipinski definition) is 4. The molecule has 0 aromatic heterocycles. The van der Waals surface area contributed by atoms with E-state index in [2.05, 4.69) is 46.8 Å². The number of benzene rings is 2. The lowest BCUT2D eigenvalue weighted by atomic mass is 10.1. The average Bonchev–Trinajstić information content (AvgIpc) is 2.65. The Morgan fingerprint density at radius 2 is 1.79 bits per heavy atom. The number of likely N-dealkylation sites (N-methyl/N-ethyl adjacent to an activating group) is 1. The van der Waals surface area contributed by atoms with Gasteiger partial charge >= 0.3 is 0 Å². The number of nitrogens with zero attached hydrogens (tertiary/aromatic N) is 2. The lowest BCUT2D eigenvalue weighted by molar-refractivity contribution is 0.298. The van der Waals surface area contributed by atoms with E-state index in [9.17, 15) is 8.42 Å². The molecule has 0 saturated heterocycles. The van der Waals surface area contributed by atoms with Crippen molar-refractivity contribution < 1.29 is 8.42 Å². The Labute approximate surface area is 175 Å². The molecule has 0 spiro atoms. The Morgan fingerprint density at radius 1 is 1.10 bits per heavy atom. The third kappa shape index (κ3) is 6.87. The largest absolute Gasteiger partial charge is 0.357 e. The first-order valence-corrected chi connectivity index (χ1v) is 11.6. The maximum Gasteiger partial charge on any atom is 0.191 e. The minimum atomic E-state index is -3.21. The molecule has 1 atom stereocenters. The lowest BCUT2D eigenvalue weighted by Gasteiger charge is -2.26. The van der Waals surface area contributed by atoms with Gasteiger partial charge in [-0.15, -0.1) is 0 Å². The Kier molecular flexibility index (Phi) is 8.22. The minimum Gasteiger partial charge on any atom is -0.357 e. The molecule has 0 radical (unpaired) electrons. The second-order valence-electron chi connectivity index (χ2n) is 7.34. The fourth-order valence-electron chi connectivity index (χ4n) is 3.21. The van der Waals surface area contributed by atoms with Gasteiger partial charge in [-0.3, -0.25) is 0 Å². The molecule has 2 N–H and O–H groups in total. The number of aliphatic imine (C=N–C) groups is 1. The second-order valence-corrected chi connectivity index (χ2v) is 9.32. The van der Waals surface area contributed by atoms with Gasteiger partial charge in [0.15, 0.2) is 15.8 Å².